The first kappa shape index (κ1) is 17.0. The Kier molecular flexibility index (Phi) is 7.03. The Morgan fingerprint density at radius 3 is 2.30 bits per heavy atom. The molecular formula is C17H30N2O. The van der Waals surface area contributed by atoms with Gasteiger partial charge in [0, 0.05) is 6.04 Å². The zero-order valence-electron chi connectivity index (χ0n) is 13.9. The summed E-state index contributed by atoms with van der Waals surface area (Å²) in [5.74, 6) is 0.977. The normalized spacial score (nSPS) is 12.8. The Morgan fingerprint density at radius 1 is 1.15 bits per heavy atom. The summed E-state index contributed by atoms with van der Waals surface area (Å²) in [4.78, 5) is 2.47. The molecule has 1 rings (SSSR count). The number of ether oxygens (including phenoxy) is 1. The molecule has 0 aliphatic carbocycles. The van der Waals surface area contributed by atoms with E-state index in [4.69, 9.17) is 4.74 Å². The summed E-state index contributed by atoms with van der Waals surface area (Å²) in [5.41, 5.74) is 3.89. The molecule has 0 saturated carbocycles. The molecule has 3 heteroatoms. The fourth-order valence-corrected chi connectivity index (χ4v) is 2.71. The molecule has 0 fully saturated rings. The molecule has 1 aromatic carbocycles. The van der Waals surface area contributed by atoms with E-state index in [2.05, 4.69) is 50.0 Å². The quantitative estimate of drug-likeness (QED) is 0.789. The smallest absolute Gasteiger partial charge is 0.122 e. The van der Waals surface area contributed by atoms with E-state index in [0.717, 1.165) is 31.8 Å². The fourth-order valence-electron chi connectivity index (χ4n) is 2.71. The van der Waals surface area contributed by atoms with Gasteiger partial charge in [0.2, 0.25) is 0 Å². The predicted octanol–water partition coefficient (Wildman–Crippen LogP) is 3.30. The number of methoxy groups -OCH3 is 1. The topological polar surface area (TPSA) is 24.5 Å². The number of benzene rings is 1. The van der Waals surface area contributed by atoms with Crippen molar-refractivity contribution in [3.63, 3.8) is 0 Å². The van der Waals surface area contributed by atoms with Gasteiger partial charge in [-0.05, 0) is 69.7 Å². The van der Waals surface area contributed by atoms with Crippen molar-refractivity contribution < 1.29 is 4.74 Å². The molecule has 0 saturated heterocycles. The number of aryl methyl sites for hydroxylation is 2. The van der Waals surface area contributed by atoms with Crippen LogP contribution in [0.2, 0.25) is 0 Å². The molecule has 0 heterocycles. The second-order valence-corrected chi connectivity index (χ2v) is 5.34. The third-order valence-corrected chi connectivity index (χ3v) is 4.14. The van der Waals surface area contributed by atoms with Crippen molar-refractivity contribution in [2.24, 2.45) is 0 Å². The van der Waals surface area contributed by atoms with E-state index in [0.29, 0.717) is 6.04 Å². The predicted molar refractivity (Wildman–Crippen MR) is 86.7 cm³/mol. The molecule has 0 aliphatic rings. The van der Waals surface area contributed by atoms with Crippen LogP contribution < -0.4 is 10.1 Å². The number of nitrogens with zero attached hydrogens (tertiary/aromatic N) is 1. The van der Waals surface area contributed by atoms with Gasteiger partial charge in [-0.2, -0.15) is 0 Å². The molecular weight excluding hydrogens is 248 g/mol. The Bertz CT molecular complexity index is 414. The Balaban J connectivity index is 2.87. The van der Waals surface area contributed by atoms with Crippen LogP contribution in [0.3, 0.4) is 0 Å². The summed E-state index contributed by atoms with van der Waals surface area (Å²) in [6.45, 7) is 12.1. The van der Waals surface area contributed by atoms with E-state index >= 15 is 0 Å². The Hall–Kier alpha value is -1.06. The molecule has 3 nitrogen and oxygen atoms in total. The van der Waals surface area contributed by atoms with Gasteiger partial charge in [0.1, 0.15) is 5.75 Å². The molecule has 1 aromatic rings. The van der Waals surface area contributed by atoms with E-state index < -0.39 is 0 Å². The zero-order valence-corrected chi connectivity index (χ0v) is 13.9. The number of hydrogen-bond donors (Lipinski definition) is 1. The lowest BCUT2D eigenvalue weighted by molar-refractivity contribution is 0.284. The largest absolute Gasteiger partial charge is 0.496 e. The van der Waals surface area contributed by atoms with E-state index in [9.17, 15) is 0 Å². The summed E-state index contributed by atoms with van der Waals surface area (Å²) in [5, 5.41) is 3.46. The number of rotatable bonds is 8. The van der Waals surface area contributed by atoms with Crippen molar-refractivity contribution in [2.75, 3.05) is 33.8 Å². The van der Waals surface area contributed by atoms with Crippen molar-refractivity contribution in [3.05, 3.63) is 28.8 Å². The van der Waals surface area contributed by atoms with Crippen molar-refractivity contribution in [2.45, 2.75) is 40.2 Å². The van der Waals surface area contributed by atoms with Gasteiger partial charge in [-0.1, -0.05) is 19.9 Å². The average molecular weight is 278 g/mol. The van der Waals surface area contributed by atoms with Crippen LogP contribution in [0.4, 0.5) is 0 Å². The molecule has 1 atom stereocenters. The molecule has 1 unspecified atom stereocenters. The van der Waals surface area contributed by atoms with Crippen molar-refractivity contribution >= 4 is 0 Å². The summed E-state index contributed by atoms with van der Waals surface area (Å²) in [6.07, 6.45) is 1.13. The van der Waals surface area contributed by atoms with Gasteiger partial charge in [0.05, 0.1) is 7.11 Å². The van der Waals surface area contributed by atoms with Crippen LogP contribution >= 0.6 is 0 Å². The van der Waals surface area contributed by atoms with Crippen molar-refractivity contribution in [3.8, 4) is 5.75 Å². The summed E-state index contributed by atoms with van der Waals surface area (Å²) < 4.78 is 5.40. The van der Waals surface area contributed by atoms with Crippen LogP contribution in [0.5, 0.6) is 5.75 Å². The van der Waals surface area contributed by atoms with Crippen molar-refractivity contribution in [1.29, 1.82) is 0 Å². The first-order valence-corrected chi connectivity index (χ1v) is 7.62. The van der Waals surface area contributed by atoms with E-state index in [1.165, 1.54) is 16.7 Å². The van der Waals surface area contributed by atoms with E-state index in [1.807, 2.05) is 7.05 Å². The maximum Gasteiger partial charge on any atom is 0.122 e. The minimum absolute atomic E-state index is 0.403. The van der Waals surface area contributed by atoms with Crippen LogP contribution in [-0.2, 0) is 0 Å². The third kappa shape index (κ3) is 4.22. The highest BCUT2D eigenvalue weighted by Crippen LogP contribution is 2.28. The second kappa shape index (κ2) is 8.28. The summed E-state index contributed by atoms with van der Waals surface area (Å²) >= 11 is 0. The molecule has 1 N–H and O–H groups in total. The molecule has 0 bridgehead atoms. The maximum atomic E-state index is 5.40. The minimum atomic E-state index is 0.403. The number of hydrogen-bond acceptors (Lipinski definition) is 3. The van der Waals surface area contributed by atoms with Crippen LogP contribution in [0.1, 0.15) is 43.0 Å². The lowest BCUT2D eigenvalue weighted by Gasteiger charge is -2.24. The monoisotopic (exact) mass is 278 g/mol. The highest BCUT2D eigenvalue weighted by molar-refractivity contribution is 5.42. The maximum absolute atomic E-state index is 5.40. The lowest BCUT2D eigenvalue weighted by Crippen LogP contribution is -2.28. The molecule has 114 valence electrons. The minimum Gasteiger partial charge on any atom is -0.496 e. The van der Waals surface area contributed by atoms with Crippen LogP contribution in [0, 0.1) is 13.8 Å². The molecule has 0 aromatic heterocycles. The first-order chi connectivity index (χ1) is 9.57. The molecule has 0 spiro atoms. The summed E-state index contributed by atoms with van der Waals surface area (Å²) in [7, 11) is 3.78. The average Bonchev–Trinajstić information content (AvgIpc) is 2.46. The van der Waals surface area contributed by atoms with E-state index in [1.54, 1.807) is 7.11 Å². The zero-order chi connectivity index (χ0) is 15.1. The summed E-state index contributed by atoms with van der Waals surface area (Å²) in [6, 6.07) is 4.81. The highest BCUT2D eigenvalue weighted by Gasteiger charge is 2.15. The molecule has 0 aliphatic heterocycles. The molecule has 0 amide bonds. The van der Waals surface area contributed by atoms with Crippen LogP contribution in [0.15, 0.2) is 12.1 Å². The van der Waals surface area contributed by atoms with Gasteiger partial charge >= 0.3 is 0 Å². The van der Waals surface area contributed by atoms with Crippen LogP contribution in [-0.4, -0.2) is 38.7 Å². The van der Waals surface area contributed by atoms with Gasteiger partial charge in [0.15, 0.2) is 0 Å². The second-order valence-electron chi connectivity index (χ2n) is 5.34. The standard InChI is InChI=1S/C17H30N2O/c1-7-19(8-2)10-9-16(18-5)15-11-14(4)17(20-6)12-13(15)3/h11-12,16,18H,7-10H2,1-6H3. The lowest BCUT2D eigenvalue weighted by atomic mass is 9.96. The van der Waals surface area contributed by atoms with Gasteiger partial charge in [-0.25, -0.2) is 0 Å². The Labute approximate surface area is 124 Å². The third-order valence-electron chi connectivity index (χ3n) is 4.14. The number of nitrogens with one attached hydrogen (secondary N) is 1. The molecule has 0 radical (unpaired) electrons. The Morgan fingerprint density at radius 2 is 1.80 bits per heavy atom. The molecule has 20 heavy (non-hydrogen) atoms. The van der Waals surface area contributed by atoms with Gasteiger partial charge in [0.25, 0.3) is 0 Å². The van der Waals surface area contributed by atoms with Gasteiger partial charge in [-0.15, -0.1) is 0 Å². The SMILES string of the molecule is CCN(CC)CCC(NC)c1cc(C)c(OC)cc1C. The van der Waals surface area contributed by atoms with Crippen molar-refractivity contribution in [1.82, 2.24) is 10.2 Å². The van der Waals surface area contributed by atoms with E-state index in [-0.39, 0.29) is 0 Å². The highest BCUT2D eigenvalue weighted by atomic mass is 16.5. The van der Waals surface area contributed by atoms with Gasteiger partial charge < -0.3 is 15.0 Å². The first-order valence-electron chi connectivity index (χ1n) is 7.62. The van der Waals surface area contributed by atoms with Crippen LogP contribution in [0.25, 0.3) is 0 Å². The fraction of sp³-hybridized carbons (Fsp3) is 0.647. The van der Waals surface area contributed by atoms with Gasteiger partial charge in [-0.3, -0.25) is 0 Å².